The molecule has 1 saturated carbocycles. The number of nitrogens with one attached hydrogen (secondary N) is 7. The minimum atomic E-state index is -1.55. The lowest BCUT2D eigenvalue weighted by Gasteiger charge is -2.44. The average Bonchev–Trinajstić information content (AvgIpc) is 0.779. The molecule has 0 radical (unpaired) electrons. The Balaban J connectivity index is 1.60. The number of hydrogen-bond donors (Lipinski definition) is 7. The Labute approximate surface area is 740 Å². The van der Waals surface area contributed by atoms with E-state index in [4.69, 9.17) is 94.3 Å². The summed E-state index contributed by atoms with van der Waals surface area (Å²) in [4.78, 5) is 209. The minimum absolute atomic E-state index is 0.0600. The second-order valence-corrected chi connectivity index (χ2v) is 32.3. The van der Waals surface area contributed by atoms with Crippen molar-refractivity contribution in [2.45, 2.75) is 297 Å². The van der Waals surface area contributed by atoms with Crippen LogP contribution in [0.4, 0.5) is 0 Å². The van der Waals surface area contributed by atoms with E-state index >= 15 is 4.79 Å². The average molecular weight is 1840 g/mol. The molecule has 0 aromatic rings. The molecule has 127 heavy (non-hydrogen) atoms. The first kappa shape index (κ1) is 110. The van der Waals surface area contributed by atoms with Crippen LogP contribution in [0.5, 0.6) is 0 Å². The molecule has 3 aliphatic heterocycles. The van der Waals surface area contributed by atoms with Gasteiger partial charge in [0.1, 0.15) is 56.3 Å². The third-order valence-electron chi connectivity index (χ3n) is 19.5. The molecule has 0 bridgehead atoms. The summed E-state index contributed by atoms with van der Waals surface area (Å²) in [7, 11) is 0.131. The van der Waals surface area contributed by atoms with Gasteiger partial charge in [-0.3, -0.25) is 76.7 Å². The molecule has 4 aliphatic rings. The number of amides is 7. The van der Waals surface area contributed by atoms with E-state index in [2.05, 4.69) is 74.6 Å². The molecule has 1 aliphatic carbocycles. The van der Waals surface area contributed by atoms with Crippen LogP contribution in [0.25, 0.3) is 0 Å². The first-order valence-corrected chi connectivity index (χ1v) is 43.5. The summed E-state index contributed by atoms with van der Waals surface area (Å²) >= 11 is 0. The molecule has 3 saturated heterocycles. The van der Waals surface area contributed by atoms with Crippen molar-refractivity contribution < 1.29 is 171 Å². The number of hydrogen-bond acceptors (Lipinski definition) is 38. The van der Waals surface area contributed by atoms with Gasteiger partial charge in [0.25, 0.3) is 8.53 Å². The Morgan fingerprint density at radius 1 is 0.409 bits per heavy atom. The highest BCUT2D eigenvalue weighted by atomic mass is 31.2. The molecule has 3 heterocycles. The summed E-state index contributed by atoms with van der Waals surface area (Å²) in [5, 5.41) is 19.5. The molecule has 0 aromatic heterocycles. The van der Waals surface area contributed by atoms with Crippen LogP contribution in [0.15, 0.2) is 4.99 Å². The van der Waals surface area contributed by atoms with Crippen molar-refractivity contribution in [2.75, 3.05) is 113 Å². The van der Waals surface area contributed by atoms with Gasteiger partial charge >= 0.3 is 53.7 Å². The first-order chi connectivity index (χ1) is 60.1. The van der Waals surface area contributed by atoms with Gasteiger partial charge in [0.15, 0.2) is 55.5 Å². The van der Waals surface area contributed by atoms with Crippen molar-refractivity contribution >= 4 is 110 Å². The summed E-state index contributed by atoms with van der Waals surface area (Å²) in [5.41, 5.74) is -1.45. The number of ether oxygens (including phenoxy) is 18. The van der Waals surface area contributed by atoms with Crippen molar-refractivity contribution in [2.24, 2.45) is 10.9 Å². The molecule has 16 unspecified atom stereocenters. The minimum Gasteiger partial charge on any atom is -0.463 e. The molecule has 722 valence electrons. The van der Waals surface area contributed by atoms with E-state index in [-0.39, 0.29) is 136 Å². The van der Waals surface area contributed by atoms with Crippen LogP contribution in [0.3, 0.4) is 0 Å². The fourth-order valence-corrected chi connectivity index (χ4v) is 16.1. The van der Waals surface area contributed by atoms with E-state index in [0.29, 0.717) is 38.7 Å². The molecule has 4 rings (SSSR count). The van der Waals surface area contributed by atoms with Gasteiger partial charge in [0.05, 0.1) is 72.2 Å². The number of nitrogens with zero attached hydrogens (tertiary/aromatic N) is 2. The van der Waals surface area contributed by atoms with Gasteiger partial charge in [-0.1, -0.05) is 0 Å². The fraction of sp³-hybridized carbons (Fsp3) is 0.790. The first-order valence-electron chi connectivity index (χ1n) is 42.3. The predicted molar refractivity (Wildman–Crippen MR) is 441 cm³/mol. The molecule has 16 atom stereocenters. The molecule has 45 nitrogen and oxygen atoms in total. The lowest BCUT2D eigenvalue weighted by molar-refractivity contribution is -0.279. The zero-order valence-electron chi connectivity index (χ0n) is 75.7. The maximum absolute atomic E-state index is 15.1. The SMILES string of the molecule is C/N=C\CCOP(OC1CCC(C(=O)NC(CCC(=O)NCCOCCOC2OC(COC(C)=O)C(OC(C)=O)C(OC(C)=O)C2NC(C)=O)(CCC(=O)NCCOCCOC2OC(COC(C)=O)C(OC(C)=O)C(OC(C)=O)C2NC(C)=O)CCC(=O)NCCOCCOC2OC(COC(C)=O)C(OC(C)=O)C(OC(C)=O)C2NC(C)=O)CC1)N(C(C)C)C(C)C. The summed E-state index contributed by atoms with van der Waals surface area (Å²) < 4.78 is 118. The van der Waals surface area contributed by atoms with Gasteiger partial charge in [-0.05, 0) is 72.6 Å². The van der Waals surface area contributed by atoms with Gasteiger partial charge in [0.2, 0.25) is 41.4 Å². The van der Waals surface area contributed by atoms with Gasteiger partial charge in [-0.25, -0.2) is 4.67 Å². The fourth-order valence-electron chi connectivity index (χ4n) is 14.3. The number of rotatable bonds is 56. The highest BCUT2D eigenvalue weighted by Gasteiger charge is 2.55. The van der Waals surface area contributed by atoms with Gasteiger partial charge < -0.3 is 137 Å². The number of esters is 9. The van der Waals surface area contributed by atoms with Crippen molar-refractivity contribution in [1.29, 1.82) is 0 Å². The Morgan fingerprint density at radius 2 is 0.717 bits per heavy atom. The molecule has 4 fully saturated rings. The van der Waals surface area contributed by atoms with E-state index in [1.807, 2.05) is 0 Å². The Hall–Kier alpha value is -8.86. The van der Waals surface area contributed by atoms with Gasteiger partial charge in [-0.15, -0.1) is 0 Å². The van der Waals surface area contributed by atoms with Gasteiger partial charge in [0, 0.05) is 165 Å². The van der Waals surface area contributed by atoms with Crippen LogP contribution >= 0.6 is 8.53 Å². The van der Waals surface area contributed by atoms with Crippen LogP contribution in [0.1, 0.15) is 181 Å². The van der Waals surface area contributed by atoms with Crippen molar-refractivity contribution in [1.82, 2.24) is 41.9 Å². The Morgan fingerprint density at radius 3 is 0.992 bits per heavy atom. The van der Waals surface area contributed by atoms with Crippen LogP contribution in [0, 0.1) is 5.92 Å². The number of carbonyl (C=O) groups excluding carboxylic acids is 16. The highest BCUT2D eigenvalue weighted by molar-refractivity contribution is 7.44. The van der Waals surface area contributed by atoms with Crippen molar-refractivity contribution in [3.8, 4) is 0 Å². The summed E-state index contributed by atoms with van der Waals surface area (Å²) in [6.45, 7) is 19.2. The zero-order valence-corrected chi connectivity index (χ0v) is 76.6. The van der Waals surface area contributed by atoms with E-state index in [1.165, 1.54) is 20.8 Å². The standard InChI is InChI=1S/C81H132N9O36P/c1-46(2)90(47(3)4)127(116-33-18-29-82-17)126-61-21-19-60(20-22-61)77(106)89-81(26-23-65(103)83-30-34-107-37-40-110-78-68(86-48(5)91)74(120-57(14)100)71(117-54(11)97)62(123-78)43-113-51(8)94,27-24-66(104)84-31-35-108-38-41-111-79-69(87-49(6)92)75(121-58(15)101)72(118-55(12)98)63(124-79)44-114-52(9)95)28-25-67(105)85-32-36-109-39-42-112-80-70(88-50(7)93)76(122-59(16)102)73(119-56(13)99)64(125-80)45-115-53(10)96/h29,46-47,60-64,68-76,78-80H,18-28,30-45H2,1-17H3,(H,83,103)(H,84,104)(H,85,105)(H,86,91)(H,87,92)(H,88,93)(H,89,106)/b82-29-. The monoisotopic (exact) mass is 1840 g/mol. The quantitative estimate of drug-likeness (QED) is 0.0144. The van der Waals surface area contributed by atoms with Crippen molar-refractivity contribution in [3.05, 3.63) is 0 Å². The summed E-state index contributed by atoms with van der Waals surface area (Å²) in [6, 6.07) is -3.64. The normalized spacial score (nSPS) is 24.7. The third kappa shape index (κ3) is 42.5. The predicted octanol–water partition coefficient (Wildman–Crippen LogP) is 0.627. The topological polar surface area (TPSA) is 558 Å². The van der Waals surface area contributed by atoms with E-state index in [1.54, 1.807) is 13.3 Å². The van der Waals surface area contributed by atoms with E-state index in [9.17, 15) is 71.9 Å². The third-order valence-corrected chi connectivity index (χ3v) is 21.7. The largest absolute Gasteiger partial charge is 0.463 e. The molecule has 0 aromatic carbocycles. The van der Waals surface area contributed by atoms with E-state index in [0.717, 1.165) is 62.3 Å². The second kappa shape index (κ2) is 58.6. The van der Waals surface area contributed by atoms with Crippen LogP contribution in [0.2, 0.25) is 0 Å². The number of carbonyl (C=O) groups is 16. The molecule has 46 heteroatoms. The van der Waals surface area contributed by atoms with Crippen LogP contribution in [-0.2, 0) is 171 Å². The summed E-state index contributed by atoms with van der Waals surface area (Å²) in [6.07, 6.45) is -13.6. The molecule has 7 amide bonds. The number of aliphatic imine (C=N–C) groups is 1. The van der Waals surface area contributed by atoms with Crippen molar-refractivity contribution in [3.63, 3.8) is 0 Å². The molecule has 7 N–H and O–H groups in total. The molecular weight excluding hydrogens is 1710 g/mol. The zero-order chi connectivity index (χ0) is 94.5. The lowest BCUT2D eigenvalue weighted by atomic mass is 9.81. The smallest absolute Gasteiger partial charge is 0.303 e. The summed E-state index contributed by atoms with van der Waals surface area (Å²) in [5.74, 6) is -11.3. The van der Waals surface area contributed by atoms with Crippen LogP contribution < -0.4 is 37.2 Å². The molecule has 0 spiro atoms. The maximum Gasteiger partial charge on any atom is 0.303 e. The Kier molecular flexibility index (Phi) is 51.0. The second-order valence-electron chi connectivity index (χ2n) is 30.9. The van der Waals surface area contributed by atoms with E-state index < -0.39 is 227 Å². The highest BCUT2D eigenvalue weighted by Crippen LogP contribution is 2.49. The lowest BCUT2D eigenvalue weighted by Crippen LogP contribution is -2.66. The van der Waals surface area contributed by atoms with Gasteiger partial charge in [-0.2, -0.15) is 0 Å². The Bertz CT molecular complexity index is 3270. The maximum atomic E-state index is 15.1. The molecular formula is C81H132N9O36P. The van der Waals surface area contributed by atoms with Crippen LogP contribution in [-0.4, -0.2) is 334 Å².